The average Bonchev–Trinajstić information content (AvgIpc) is 3.20. The van der Waals surface area contributed by atoms with E-state index in [1.165, 1.54) is 11.8 Å². The summed E-state index contributed by atoms with van der Waals surface area (Å²) >= 11 is 1.26. The van der Waals surface area contributed by atoms with Crippen LogP contribution in [0.1, 0.15) is 32.9 Å². The molecule has 9 heteroatoms. The molecule has 0 unspecified atom stereocenters. The van der Waals surface area contributed by atoms with E-state index in [0.717, 1.165) is 22.5 Å². The predicted octanol–water partition coefficient (Wildman–Crippen LogP) is 3.71. The van der Waals surface area contributed by atoms with Crippen molar-refractivity contribution in [3.63, 3.8) is 0 Å². The molecule has 0 atom stereocenters. The Morgan fingerprint density at radius 3 is 2.55 bits per heavy atom. The summed E-state index contributed by atoms with van der Waals surface area (Å²) in [6.45, 7) is 6.27. The van der Waals surface area contributed by atoms with E-state index in [1.807, 2.05) is 55.5 Å². The Labute approximate surface area is 195 Å². The van der Waals surface area contributed by atoms with E-state index in [-0.39, 0.29) is 17.6 Å². The van der Waals surface area contributed by atoms with Gasteiger partial charge in [-0.15, -0.1) is 10.2 Å². The standard InChI is InChI=1S/C24H24N6O2S/c1-15-8-10-18(11-9-15)13-25-22(32)19-6-4-5-7-20(19)27-21(31)14-33-24-29-28-23-26-16(2)12-17(3)30(23)24/h4-12H,13-14H2,1-3H3,(H,25,32)(H,27,31). The van der Waals surface area contributed by atoms with Crippen molar-refractivity contribution in [2.75, 3.05) is 11.1 Å². The highest BCUT2D eigenvalue weighted by Gasteiger charge is 2.15. The van der Waals surface area contributed by atoms with E-state index >= 15 is 0 Å². The lowest BCUT2D eigenvalue weighted by Crippen LogP contribution is -2.25. The van der Waals surface area contributed by atoms with Crippen LogP contribution in [0, 0.1) is 20.8 Å². The zero-order valence-electron chi connectivity index (χ0n) is 18.6. The second kappa shape index (κ2) is 9.83. The minimum atomic E-state index is -0.250. The van der Waals surface area contributed by atoms with Gasteiger partial charge < -0.3 is 10.6 Å². The van der Waals surface area contributed by atoms with Gasteiger partial charge in [-0.1, -0.05) is 53.7 Å². The van der Waals surface area contributed by atoms with Crippen LogP contribution in [0.25, 0.3) is 5.78 Å². The number of aryl methyl sites for hydroxylation is 3. The molecule has 0 aliphatic heterocycles. The van der Waals surface area contributed by atoms with Gasteiger partial charge in [0.05, 0.1) is 17.0 Å². The molecule has 2 amide bonds. The average molecular weight is 461 g/mol. The van der Waals surface area contributed by atoms with E-state index in [4.69, 9.17) is 0 Å². The molecule has 4 aromatic rings. The van der Waals surface area contributed by atoms with Crippen LogP contribution in [-0.2, 0) is 11.3 Å². The summed E-state index contributed by atoms with van der Waals surface area (Å²) in [5.41, 5.74) is 4.85. The molecule has 0 saturated carbocycles. The number of amides is 2. The Kier molecular flexibility index (Phi) is 6.69. The highest BCUT2D eigenvalue weighted by molar-refractivity contribution is 7.99. The van der Waals surface area contributed by atoms with Crippen LogP contribution >= 0.6 is 11.8 Å². The van der Waals surface area contributed by atoms with Gasteiger partial charge in [0.2, 0.25) is 5.91 Å². The summed E-state index contributed by atoms with van der Waals surface area (Å²) in [6.07, 6.45) is 0. The molecule has 0 radical (unpaired) electrons. The van der Waals surface area contributed by atoms with Gasteiger partial charge in [0, 0.05) is 17.9 Å². The van der Waals surface area contributed by atoms with Crippen molar-refractivity contribution in [2.24, 2.45) is 0 Å². The third-order valence-electron chi connectivity index (χ3n) is 5.01. The minimum Gasteiger partial charge on any atom is -0.348 e. The summed E-state index contributed by atoms with van der Waals surface area (Å²) in [5.74, 6) is 0.131. The highest BCUT2D eigenvalue weighted by atomic mass is 32.2. The number of anilines is 1. The number of hydrogen-bond acceptors (Lipinski definition) is 6. The highest BCUT2D eigenvalue weighted by Crippen LogP contribution is 2.20. The normalized spacial score (nSPS) is 10.9. The maximum absolute atomic E-state index is 12.7. The summed E-state index contributed by atoms with van der Waals surface area (Å²) < 4.78 is 1.82. The van der Waals surface area contributed by atoms with E-state index in [9.17, 15) is 9.59 Å². The first-order valence-corrected chi connectivity index (χ1v) is 11.4. The van der Waals surface area contributed by atoms with Gasteiger partial charge in [-0.05, 0) is 44.5 Å². The van der Waals surface area contributed by atoms with Crippen molar-refractivity contribution in [3.05, 3.63) is 82.7 Å². The van der Waals surface area contributed by atoms with Gasteiger partial charge in [-0.3, -0.25) is 14.0 Å². The first-order valence-electron chi connectivity index (χ1n) is 10.5. The maximum Gasteiger partial charge on any atom is 0.256 e. The summed E-state index contributed by atoms with van der Waals surface area (Å²) in [5, 5.41) is 14.6. The zero-order chi connectivity index (χ0) is 23.4. The van der Waals surface area contributed by atoms with Crippen molar-refractivity contribution in [1.29, 1.82) is 0 Å². The van der Waals surface area contributed by atoms with E-state index in [0.29, 0.717) is 28.7 Å². The van der Waals surface area contributed by atoms with E-state index < -0.39 is 0 Å². The second-order valence-corrected chi connectivity index (χ2v) is 8.65. The fourth-order valence-electron chi connectivity index (χ4n) is 3.38. The monoisotopic (exact) mass is 460 g/mol. The second-order valence-electron chi connectivity index (χ2n) is 7.71. The number of benzene rings is 2. The molecule has 2 aromatic heterocycles. The first-order chi connectivity index (χ1) is 15.9. The van der Waals surface area contributed by atoms with Crippen molar-refractivity contribution in [3.8, 4) is 0 Å². The lowest BCUT2D eigenvalue weighted by atomic mass is 10.1. The molecule has 0 aliphatic carbocycles. The van der Waals surface area contributed by atoms with Crippen molar-refractivity contribution < 1.29 is 9.59 Å². The number of rotatable bonds is 7. The molecule has 33 heavy (non-hydrogen) atoms. The molecule has 2 N–H and O–H groups in total. The Bertz CT molecular complexity index is 1320. The van der Waals surface area contributed by atoms with E-state index in [1.54, 1.807) is 24.3 Å². The maximum atomic E-state index is 12.7. The summed E-state index contributed by atoms with van der Waals surface area (Å²) in [7, 11) is 0. The SMILES string of the molecule is Cc1ccc(CNC(=O)c2ccccc2NC(=O)CSc2nnc3nc(C)cc(C)n23)cc1. The van der Waals surface area contributed by atoms with Crippen molar-refractivity contribution in [2.45, 2.75) is 32.5 Å². The van der Waals surface area contributed by atoms with Crippen LogP contribution in [0.3, 0.4) is 0 Å². The molecule has 0 aliphatic rings. The molecular formula is C24H24N6O2S. The molecule has 0 fully saturated rings. The van der Waals surface area contributed by atoms with Gasteiger partial charge in [0.15, 0.2) is 5.16 Å². The Balaban J connectivity index is 1.39. The molecule has 168 valence electrons. The lowest BCUT2D eigenvalue weighted by Gasteiger charge is -2.11. The quantitative estimate of drug-likeness (QED) is 0.408. The van der Waals surface area contributed by atoms with Crippen molar-refractivity contribution in [1.82, 2.24) is 24.9 Å². The lowest BCUT2D eigenvalue weighted by molar-refractivity contribution is -0.113. The van der Waals surface area contributed by atoms with Gasteiger partial charge in [-0.25, -0.2) is 4.98 Å². The fourth-order valence-corrected chi connectivity index (χ4v) is 4.17. The summed E-state index contributed by atoms with van der Waals surface area (Å²) in [6, 6.07) is 16.9. The Hall–Kier alpha value is -3.72. The number of hydrogen-bond donors (Lipinski definition) is 2. The Morgan fingerprint density at radius 2 is 1.76 bits per heavy atom. The minimum absolute atomic E-state index is 0.118. The number of nitrogens with zero attached hydrogens (tertiary/aromatic N) is 4. The van der Waals surface area contributed by atoms with Crippen LogP contribution < -0.4 is 10.6 Å². The Morgan fingerprint density at radius 1 is 1.00 bits per heavy atom. The predicted molar refractivity (Wildman–Crippen MR) is 128 cm³/mol. The largest absolute Gasteiger partial charge is 0.348 e. The molecule has 0 bridgehead atoms. The topological polar surface area (TPSA) is 101 Å². The molecule has 8 nitrogen and oxygen atoms in total. The fraction of sp³-hybridized carbons (Fsp3) is 0.208. The van der Waals surface area contributed by atoms with Gasteiger partial charge >= 0.3 is 0 Å². The number of para-hydroxylation sites is 1. The zero-order valence-corrected chi connectivity index (χ0v) is 19.4. The number of aromatic nitrogens is 4. The molecule has 2 aromatic carbocycles. The van der Waals surface area contributed by atoms with Gasteiger partial charge in [0.25, 0.3) is 11.7 Å². The molecular weight excluding hydrogens is 436 g/mol. The van der Waals surface area contributed by atoms with E-state index in [2.05, 4.69) is 25.8 Å². The third-order valence-corrected chi connectivity index (χ3v) is 5.94. The van der Waals surface area contributed by atoms with Crippen molar-refractivity contribution >= 4 is 35.0 Å². The molecule has 4 rings (SSSR count). The van der Waals surface area contributed by atoms with Crippen LogP contribution in [-0.4, -0.2) is 37.1 Å². The smallest absolute Gasteiger partial charge is 0.256 e. The molecule has 0 spiro atoms. The molecule has 0 saturated heterocycles. The number of carbonyl (C=O) groups is 2. The summed E-state index contributed by atoms with van der Waals surface area (Å²) in [4.78, 5) is 29.7. The number of thioether (sulfide) groups is 1. The number of carbonyl (C=O) groups excluding carboxylic acids is 2. The third kappa shape index (κ3) is 5.38. The van der Waals surface area contributed by atoms with Crippen LogP contribution in [0.15, 0.2) is 59.8 Å². The molecule has 2 heterocycles. The first kappa shape index (κ1) is 22.5. The number of fused-ring (bicyclic) bond motifs is 1. The van der Waals surface area contributed by atoms with Crippen LogP contribution in [0.4, 0.5) is 5.69 Å². The number of nitrogens with one attached hydrogen (secondary N) is 2. The van der Waals surface area contributed by atoms with Gasteiger partial charge in [0.1, 0.15) is 0 Å². The van der Waals surface area contributed by atoms with Gasteiger partial charge in [-0.2, -0.15) is 0 Å². The van der Waals surface area contributed by atoms with Crippen LogP contribution in [0.2, 0.25) is 0 Å². The van der Waals surface area contributed by atoms with Crippen LogP contribution in [0.5, 0.6) is 0 Å².